The van der Waals surface area contributed by atoms with Crippen LogP contribution in [0.5, 0.6) is 0 Å². The van der Waals surface area contributed by atoms with E-state index < -0.39 is 35.6 Å². The van der Waals surface area contributed by atoms with E-state index >= 15 is 0 Å². The molecule has 1 fully saturated rings. The van der Waals surface area contributed by atoms with Crippen LogP contribution in [0.4, 0.5) is 8.78 Å². The van der Waals surface area contributed by atoms with Gasteiger partial charge in [0.2, 0.25) is 5.78 Å². The molecule has 1 aromatic rings. The van der Waals surface area contributed by atoms with E-state index in [-0.39, 0.29) is 36.2 Å². The number of Topliss-reactive ketones (excluding diaryl/α,β-unsaturated/α-hetero) is 1. The van der Waals surface area contributed by atoms with Gasteiger partial charge in [0.05, 0.1) is 11.6 Å². The zero-order valence-electron chi connectivity index (χ0n) is 13.9. The smallest absolute Gasteiger partial charge is 0.344 e. The highest BCUT2D eigenvalue weighted by Crippen LogP contribution is 2.24. The molecule has 0 atom stereocenters. The predicted octanol–water partition coefficient (Wildman–Crippen LogP) is 0.805. The number of halogens is 2. The first-order valence-electron chi connectivity index (χ1n) is 7.92. The normalized spacial score (nSPS) is 15.4. The van der Waals surface area contributed by atoms with Crippen LogP contribution in [-0.2, 0) is 9.53 Å². The van der Waals surface area contributed by atoms with Crippen LogP contribution in [0.1, 0.15) is 29.6 Å². The quantitative estimate of drug-likeness (QED) is 0.205. The number of rotatable bonds is 8. The average Bonchev–Trinajstić information content (AvgIpc) is 3.37. The van der Waals surface area contributed by atoms with Crippen molar-refractivity contribution < 1.29 is 28.2 Å². The number of aliphatic imine (C=N–C) groups is 1. The van der Waals surface area contributed by atoms with Crippen LogP contribution < -0.4 is 11.5 Å². The molecular formula is C17H19F2N3O4. The number of carbonyl (C=O) groups excluding carboxylic acids is 2. The molecule has 0 radical (unpaired) electrons. The second-order valence-corrected chi connectivity index (χ2v) is 5.72. The second kappa shape index (κ2) is 8.52. The van der Waals surface area contributed by atoms with E-state index in [9.17, 15) is 18.4 Å². The van der Waals surface area contributed by atoms with Crippen LogP contribution in [0.15, 0.2) is 34.5 Å². The summed E-state index contributed by atoms with van der Waals surface area (Å²) in [6.07, 6.45) is 1.60. The Kier molecular flexibility index (Phi) is 6.40. The fraction of sp³-hybridized carbons (Fsp3) is 0.353. The van der Waals surface area contributed by atoms with Gasteiger partial charge in [0.1, 0.15) is 23.0 Å². The maximum absolute atomic E-state index is 13.6. The number of hydrogen-bond donors (Lipinski definition) is 3. The Bertz CT molecular complexity index is 753. The van der Waals surface area contributed by atoms with Gasteiger partial charge >= 0.3 is 5.97 Å². The van der Waals surface area contributed by atoms with Crippen molar-refractivity contribution in [1.29, 1.82) is 0 Å². The number of aliphatic hydroxyl groups excluding tert-OH is 1. The molecule has 0 bridgehead atoms. The van der Waals surface area contributed by atoms with E-state index in [0.717, 1.165) is 31.0 Å². The Labute approximate surface area is 148 Å². The summed E-state index contributed by atoms with van der Waals surface area (Å²) in [5, 5.41) is 8.99. The lowest BCUT2D eigenvalue weighted by atomic mass is 10.1. The first-order chi connectivity index (χ1) is 12.3. The molecule has 140 valence electrons. The molecule has 5 N–H and O–H groups in total. The van der Waals surface area contributed by atoms with Gasteiger partial charge in [0, 0.05) is 18.7 Å². The summed E-state index contributed by atoms with van der Waals surface area (Å²) in [6, 6.07) is 2.94. The van der Waals surface area contributed by atoms with Gasteiger partial charge in [-0.3, -0.25) is 9.79 Å². The topological polar surface area (TPSA) is 128 Å². The fourth-order valence-corrected chi connectivity index (χ4v) is 2.15. The number of aliphatic hydroxyl groups is 1. The van der Waals surface area contributed by atoms with Crippen molar-refractivity contribution >= 4 is 17.6 Å². The van der Waals surface area contributed by atoms with E-state index in [2.05, 4.69) is 4.99 Å². The maximum atomic E-state index is 13.6. The lowest BCUT2D eigenvalue weighted by Crippen LogP contribution is -2.29. The van der Waals surface area contributed by atoms with Crippen molar-refractivity contribution in [2.45, 2.75) is 25.3 Å². The predicted molar refractivity (Wildman–Crippen MR) is 89.2 cm³/mol. The minimum Gasteiger partial charge on any atom is -0.454 e. The maximum Gasteiger partial charge on any atom is 0.344 e. The summed E-state index contributed by atoms with van der Waals surface area (Å²) < 4.78 is 32.0. The highest BCUT2D eigenvalue weighted by Gasteiger charge is 2.26. The van der Waals surface area contributed by atoms with Crippen LogP contribution in [0, 0.1) is 11.6 Å². The third-order valence-corrected chi connectivity index (χ3v) is 3.61. The minimum absolute atomic E-state index is 0.00568. The van der Waals surface area contributed by atoms with Gasteiger partial charge in [-0.15, -0.1) is 0 Å². The summed E-state index contributed by atoms with van der Waals surface area (Å²) in [5.74, 6) is -4.38. The molecule has 0 aromatic heterocycles. The Hall–Kier alpha value is -2.81. The van der Waals surface area contributed by atoms with Crippen molar-refractivity contribution in [2.75, 3.05) is 13.2 Å². The Balaban J connectivity index is 2.14. The highest BCUT2D eigenvalue weighted by molar-refractivity contribution is 6.19. The number of amidine groups is 1. The Morgan fingerprint density at radius 3 is 2.38 bits per heavy atom. The van der Waals surface area contributed by atoms with Gasteiger partial charge in [0.15, 0.2) is 6.61 Å². The van der Waals surface area contributed by atoms with Crippen LogP contribution in [0.25, 0.3) is 0 Å². The zero-order chi connectivity index (χ0) is 19.3. The molecule has 0 saturated heterocycles. The largest absolute Gasteiger partial charge is 0.454 e. The number of ether oxygens (including phenoxy) is 1. The van der Waals surface area contributed by atoms with Crippen molar-refractivity contribution in [3.63, 3.8) is 0 Å². The van der Waals surface area contributed by atoms with Crippen molar-refractivity contribution in [3.05, 3.63) is 46.7 Å². The summed E-state index contributed by atoms with van der Waals surface area (Å²) >= 11 is 0. The van der Waals surface area contributed by atoms with Crippen LogP contribution in [0.3, 0.4) is 0 Å². The molecule has 9 heteroatoms. The van der Waals surface area contributed by atoms with Crippen LogP contribution in [0.2, 0.25) is 0 Å². The summed E-state index contributed by atoms with van der Waals surface area (Å²) in [5.41, 5.74) is 10.4. The summed E-state index contributed by atoms with van der Waals surface area (Å²) in [4.78, 5) is 28.3. The number of carbonyl (C=O) groups is 2. The minimum atomic E-state index is -1.06. The van der Waals surface area contributed by atoms with Gasteiger partial charge in [0.25, 0.3) is 0 Å². The molecule has 7 nitrogen and oxygen atoms in total. The van der Waals surface area contributed by atoms with Crippen LogP contribution >= 0.6 is 0 Å². The molecule has 0 spiro atoms. The summed E-state index contributed by atoms with van der Waals surface area (Å²) in [6.45, 7) is -1.23. The van der Waals surface area contributed by atoms with Gasteiger partial charge in [-0.05, 0) is 25.0 Å². The molecule has 1 aromatic carbocycles. The van der Waals surface area contributed by atoms with Gasteiger partial charge in [-0.2, -0.15) is 0 Å². The molecule has 0 unspecified atom stereocenters. The first kappa shape index (κ1) is 19.5. The number of esters is 1. The number of ketones is 1. The number of nitrogens with two attached hydrogens (primary N) is 2. The highest BCUT2D eigenvalue weighted by atomic mass is 19.1. The molecular weight excluding hydrogens is 348 g/mol. The number of hydrogen-bond acceptors (Lipinski definition) is 6. The lowest BCUT2D eigenvalue weighted by Gasteiger charge is -2.11. The average molecular weight is 367 g/mol. The monoisotopic (exact) mass is 367 g/mol. The zero-order valence-corrected chi connectivity index (χ0v) is 13.9. The van der Waals surface area contributed by atoms with Crippen LogP contribution in [-0.4, -0.2) is 42.0 Å². The molecule has 0 aliphatic heterocycles. The lowest BCUT2D eigenvalue weighted by molar-refractivity contribution is -0.137. The Morgan fingerprint density at radius 1 is 1.23 bits per heavy atom. The van der Waals surface area contributed by atoms with E-state index in [4.69, 9.17) is 21.3 Å². The Morgan fingerprint density at radius 2 is 1.85 bits per heavy atom. The molecule has 0 heterocycles. The number of nitrogens with zero attached hydrogens (tertiary/aromatic N) is 1. The standard InChI is InChI=1S/C17H19F2N3O4/c18-10-2-1-3-11(19)14(10)13(24)8-26-17(25)15(12(20)6-7-23)16(21)22-9-4-5-9/h1-3,9,23H,4-8,20H2,(H2,21,22)/b15-12+. The SMILES string of the molecule is NC(=NC1CC1)/C(C(=O)OCC(=O)c1c(F)cccc1F)=C(\N)CCO. The third kappa shape index (κ3) is 4.85. The van der Waals surface area contributed by atoms with Crippen molar-refractivity contribution in [2.24, 2.45) is 16.5 Å². The van der Waals surface area contributed by atoms with Gasteiger partial charge in [-0.1, -0.05) is 6.07 Å². The van der Waals surface area contributed by atoms with Gasteiger partial charge < -0.3 is 21.3 Å². The molecule has 26 heavy (non-hydrogen) atoms. The molecule has 0 amide bonds. The second-order valence-electron chi connectivity index (χ2n) is 5.72. The third-order valence-electron chi connectivity index (χ3n) is 3.61. The van der Waals surface area contributed by atoms with Crippen molar-refractivity contribution in [3.8, 4) is 0 Å². The fourth-order valence-electron chi connectivity index (χ4n) is 2.15. The van der Waals surface area contributed by atoms with Gasteiger partial charge in [-0.25, -0.2) is 13.6 Å². The van der Waals surface area contributed by atoms with E-state index in [1.54, 1.807) is 0 Å². The molecule has 1 aliphatic carbocycles. The molecule has 1 aliphatic rings. The molecule has 2 rings (SSSR count). The van der Waals surface area contributed by atoms with E-state index in [1.165, 1.54) is 0 Å². The molecule has 1 saturated carbocycles. The summed E-state index contributed by atoms with van der Waals surface area (Å²) in [7, 11) is 0. The number of benzene rings is 1. The van der Waals surface area contributed by atoms with Crippen molar-refractivity contribution in [1.82, 2.24) is 0 Å². The first-order valence-corrected chi connectivity index (χ1v) is 7.92. The van der Waals surface area contributed by atoms with E-state index in [1.807, 2.05) is 0 Å². The van der Waals surface area contributed by atoms with E-state index in [0.29, 0.717) is 0 Å².